The van der Waals surface area contributed by atoms with Crippen molar-refractivity contribution in [3.05, 3.63) is 45.9 Å². The number of nitrogens with zero attached hydrogens (tertiary/aromatic N) is 1. The fourth-order valence-electron chi connectivity index (χ4n) is 1.08. The lowest BCUT2D eigenvalue weighted by molar-refractivity contribution is -0.419. The summed E-state index contributed by atoms with van der Waals surface area (Å²) in [7, 11) is 0. The van der Waals surface area contributed by atoms with E-state index in [4.69, 9.17) is 14.9 Å². The van der Waals surface area contributed by atoms with Crippen molar-refractivity contribution in [1.82, 2.24) is 0 Å². The summed E-state index contributed by atoms with van der Waals surface area (Å²) in [4.78, 5) is 9.98. The summed E-state index contributed by atoms with van der Waals surface area (Å²) in [5, 5.41) is 28.1. The van der Waals surface area contributed by atoms with Crippen molar-refractivity contribution in [3.63, 3.8) is 0 Å². The number of rotatable bonds is 5. The zero-order valence-corrected chi connectivity index (χ0v) is 8.57. The Labute approximate surface area is 92.3 Å². The highest BCUT2D eigenvalue weighted by molar-refractivity contribution is 5.24. The van der Waals surface area contributed by atoms with Crippen LogP contribution in [-0.4, -0.2) is 34.5 Å². The highest BCUT2D eigenvalue weighted by atomic mass is 16.6. The van der Waals surface area contributed by atoms with Crippen molar-refractivity contribution in [3.8, 4) is 0 Å². The van der Waals surface area contributed by atoms with Crippen LogP contribution in [0.1, 0.15) is 6.42 Å². The SMILES string of the molecule is O=[N+]([O-])C1=CC=C(OCC(O)CO)CC=C1. The minimum absolute atomic E-state index is 0.0127. The van der Waals surface area contributed by atoms with Gasteiger partial charge in [0.25, 0.3) is 5.70 Å². The highest BCUT2D eigenvalue weighted by Gasteiger charge is 2.09. The maximum Gasteiger partial charge on any atom is 0.269 e. The molecule has 0 aromatic carbocycles. The third-order valence-corrected chi connectivity index (χ3v) is 1.93. The van der Waals surface area contributed by atoms with Crippen LogP contribution in [0, 0.1) is 10.1 Å². The Morgan fingerprint density at radius 1 is 1.56 bits per heavy atom. The first-order valence-corrected chi connectivity index (χ1v) is 4.77. The summed E-state index contributed by atoms with van der Waals surface area (Å²) < 4.78 is 5.18. The van der Waals surface area contributed by atoms with E-state index in [1.54, 1.807) is 6.08 Å². The molecule has 0 fully saturated rings. The first kappa shape index (κ1) is 12.4. The van der Waals surface area contributed by atoms with Gasteiger partial charge in [-0.05, 0) is 6.08 Å². The lowest BCUT2D eigenvalue weighted by atomic mass is 10.3. The lowest BCUT2D eigenvalue weighted by Crippen LogP contribution is -2.19. The summed E-state index contributed by atoms with van der Waals surface area (Å²) in [6.07, 6.45) is 5.32. The molecule has 2 N–H and O–H groups in total. The first-order valence-electron chi connectivity index (χ1n) is 4.77. The Balaban J connectivity index is 2.57. The molecule has 0 bridgehead atoms. The smallest absolute Gasteiger partial charge is 0.269 e. The highest BCUT2D eigenvalue weighted by Crippen LogP contribution is 2.13. The van der Waals surface area contributed by atoms with Crippen LogP contribution >= 0.6 is 0 Å². The van der Waals surface area contributed by atoms with Crippen LogP contribution in [0.3, 0.4) is 0 Å². The van der Waals surface area contributed by atoms with Gasteiger partial charge in [-0.1, -0.05) is 6.08 Å². The minimum atomic E-state index is -0.938. The van der Waals surface area contributed by atoms with Gasteiger partial charge in [0, 0.05) is 18.6 Å². The number of hydrogen-bond acceptors (Lipinski definition) is 5. The van der Waals surface area contributed by atoms with Gasteiger partial charge in [0.05, 0.1) is 11.5 Å². The standard InChI is InChI=1S/C10H13NO5/c12-6-9(13)7-16-10-3-1-2-8(4-5-10)11(14)15/h1-2,4-5,9,12-13H,3,6-7H2. The molecule has 1 atom stereocenters. The molecule has 0 aromatic rings. The number of aliphatic hydroxyl groups excluding tert-OH is 2. The molecule has 0 saturated heterocycles. The minimum Gasteiger partial charge on any atom is -0.495 e. The van der Waals surface area contributed by atoms with E-state index >= 15 is 0 Å². The Kier molecular flexibility index (Phi) is 4.68. The molecule has 0 aromatic heterocycles. The maximum atomic E-state index is 10.5. The van der Waals surface area contributed by atoms with Gasteiger partial charge in [-0.3, -0.25) is 10.1 Å². The summed E-state index contributed by atoms with van der Waals surface area (Å²) in [6, 6.07) is 0. The molecule has 1 aliphatic carbocycles. The molecule has 0 spiro atoms. The molecule has 6 heteroatoms. The monoisotopic (exact) mass is 227 g/mol. The summed E-state index contributed by atoms with van der Waals surface area (Å²) >= 11 is 0. The van der Waals surface area contributed by atoms with Crippen LogP contribution in [0.4, 0.5) is 0 Å². The third-order valence-electron chi connectivity index (χ3n) is 1.93. The van der Waals surface area contributed by atoms with Gasteiger partial charge in [0.15, 0.2) is 0 Å². The molecule has 0 radical (unpaired) electrons. The zero-order valence-electron chi connectivity index (χ0n) is 8.57. The van der Waals surface area contributed by atoms with Crippen molar-refractivity contribution in [2.75, 3.05) is 13.2 Å². The Hall–Kier alpha value is -1.66. The lowest BCUT2D eigenvalue weighted by Gasteiger charge is -2.10. The molecular formula is C10H13NO5. The van der Waals surface area contributed by atoms with Gasteiger partial charge in [-0.2, -0.15) is 0 Å². The average Bonchev–Trinajstić information content (AvgIpc) is 2.51. The first-order chi connectivity index (χ1) is 7.63. The van der Waals surface area contributed by atoms with Crippen molar-refractivity contribution in [1.29, 1.82) is 0 Å². The Morgan fingerprint density at radius 3 is 2.94 bits per heavy atom. The Bertz CT molecular complexity index is 345. The molecule has 16 heavy (non-hydrogen) atoms. The molecule has 1 rings (SSSR count). The zero-order chi connectivity index (χ0) is 12.0. The number of allylic oxidation sites excluding steroid dienone is 4. The molecular weight excluding hydrogens is 214 g/mol. The van der Waals surface area contributed by atoms with Gasteiger partial charge >= 0.3 is 0 Å². The number of hydrogen-bond donors (Lipinski definition) is 2. The Morgan fingerprint density at radius 2 is 2.31 bits per heavy atom. The van der Waals surface area contributed by atoms with Crippen LogP contribution < -0.4 is 0 Å². The van der Waals surface area contributed by atoms with Crippen molar-refractivity contribution < 1.29 is 19.9 Å². The quantitative estimate of drug-likeness (QED) is 0.522. The topological polar surface area (TPSA) is 92.8 Å². The van der Waals surface area contributed by atoms with Crippen molar-refractivity contribution in [2.24, 2.45) is 0 Å². The molecule has 1 unspecified atom stereocenters. The fraction of sp³-hybridized carbons (Fsp3) is 0.400. The second-order valence-electron chi connectivity index (χ2n) is 3.24. The number of ether oxygens (including phenoxy) is 1. The summed E-state index contributed by atoms with van der Waals surface area (Å²) in [6.45, 7) is -0.406. The molecule has 0 aliphatic heterocycles. The molecule has 0 heterocycles. The maximum absolute atomic E-state index is 10.5. The van der Waals surface area contributed by atoms with Gasteiger partial charge in [-0.25, -0.2) is 0 Å². The fourth-order valence-corrected chi connectivity index (χ4v) is 1.08. The van der Waals surface area contributed by atoms with E-state index in [2.05, 4.69) is 0 Å². The van der Waals surface area contributed by atoms with E-state index in [9.17, 15) is 10.1 Å². The van der Waals surface area contributed by atoms with Gasteiger partial charge in [0.1, 0.15) is 18.5 Å². The predicted molar refractivity (Wildman–Crippen MR) is 56.0 cm³/mol. The van der Waals surface area contributed by atoms with E-state index in [0.29, 0.717) is 12.2 Å². The second-order valence-corrected chi connectivity index (χ2v) is 3.24. The largest absolute Gasteiger partial charge is 0.495 e. The number of aliphatic hydroxyl groups is 2. The van der Waals surface area contributed by atoms with E-state index in [-0.39, 0.29) is 18.9 Å². The van der Waals surface area contributed by atoms with E-state index in [1.165, 1.54) is 18.2 Å². The van der Waals surface area contributed by atoms with Crippen molar-refractivity contribution in [2.45, 2.75) is 12.5 Å². The molecule has 0 amide bonds. The van der Waals surface area contributed by atoms with Crippen molar-refractivity contribution >= 4 is 0 Å². The molecule has 88 valence electrons. The van der Waals surface area contributed by atoms with E-state index in [1.807, 2.05) is 0 Å². The molecule has 1 aliphatic rings. The van der Waals surface area contributed by atoms with Gasteiger partial charge < -0.3 is 14.9 Å². The molecule has 0 saturated carbocycles. The van der Waals surface area contributed by atoms with E-state index < -0.39 is 11.0 Å². The summed E-state index contributed by atoms with van der Waals surface area (Å²) in [5.74, 6) is 0.514. The van der Waals surface area contributed by atoms with Crippen LogP contribution in [0.15, 0.2) is 35.8 Å². The van der Waals surface area contributed by atoms with Crippen LogP contribution in [0.2, 0.25) is 0 Å². The molecule has 6 nitrogen and oxygen atoms in total. The van der Waals surface area contributed by atoms with Crippen LogP contribution in [-0.2, 0) is 4.74 Å². The predicted octanol–water partition coefficient (Wildman–Crippen LogP) is 0.361. The van der Waals surface area contributed by atoms with Gasteiger partial charge in [-0.15, -0.1) is 0 Å². The van der Waals surface area contributed by atoms with Crippen LogP contribution in [0.25, 0.3) is 0 Å². The summed E-state index contributed by atoms with van der Waals surface area (Å²) in [5.41, 5.74) is -0.0127. The second kappa shape index (κ2) is 6.04. The number of nitro groups is 1. The normalized spacial score (nSPS) is 17.1. The average molecular weight is 227 g/mol. The van der Waals surface area contributed by atoms with E-state index in [0.717, 1.165) is 0 Å². The third kappa shape index (κ3) is 3.84. The van der Waals surface area contributed by atoms with Crippen LogP contribution in [0.5, 0.6) is 0 Å². The van der Waals surface area contributed by atoms with Gasteiger partial charge in [0.2, 0.25) is 0 Å².